The van der Waals surface area contributed by atoms with Crippen LogP contribution in [-0.2, 0) is 6.54 Å². The van der Waals surface area contributed by atoms with E-state index in [1.54, 1.807) is 25.5 Å². The lowest BCUT2D eigenvalue weighted by atomic mass is 10.3. The van der Waals surface area contributed by atoms with Gasteiger partial charge in [0.05, 0.1) is 20.3 Å². The summed E-state index contributed by atoms with van der Waals surface area (Å²) in [6.45, 7) is 4.16. The lowest BCUT2D eigenvalue weighted by Crippen LogP contribution is -2.37. The van der Waals surface area contributed by atoms with E-state index in [0.29, 0.717) is 13.2 Å². The van der Waals surface area contributed by atoms with E-state index in [1.807, 2.05) is 30.5 Å². The van der Waals surface area contributed by atoms with E-state index >= 15 is 0 Å². The van der Waals surface area contributed by atoms with E-state index in [2.05, 4.69) is 27.5 Å². The maximum atomic E-state index is 5.69. The second-order valence-corrected chi connectivity index (χ2v) is 6.41. The molecule has 1 aromatic heterocycles. The van der Waals surface area contributed by atoms with Gasteiger partial charge in [0.15, 0.2) is 5.96 Å². The minimum atomic E-state index is 0.641. The Labute approximate surface area is 146 Å². The summed E-state index contributed by atoms with van der Waals surface area (Å²) in [4.78, 5) is 9.74. The maximum absolute atomic E-state index is 5.69. The third kappa shape index (κ3) is 6.08. The zero-order valence-electron chi connectivity index (χ0n) is 14.3. The molecule has 1 aromatic carbocycles. The van der Waals surface area contributed by atoms with Crippen molar-refractivity contribution in [2.45, 2.75) is 19.9 Å². The number of thiazole rings is 1. The van der Waals surface area contributed by atoms with Gasteiger partial charge < -0.3 is 20.1 Å². The molecular formula is C17H24N4O2S. The number of aliphatic imine (C=N–C) groups is 1. The van der Waals surface area contributed by atoms with Gasteiger partial charge in [0.1, 0.15) is 16.5 Å². The number of nitrogens with one attached hydrogen (secondary N) is 2. The SMILES string of the molecule is CN=C(NCCCOc1ccc(OC)cc1)NCc1ncc(C)s1. The summed E-state index contributed by atoms with van der Waals surface area (Å²) in [5.41, 5.74) is 0. The van der Waals surface area contributed by atoms with Crippen LogP contribution in [0.4, 0.5) is 0 Å². The van der Waals surface area contributed by atoms with Crippen LogP contribution in [0.5, 0.6) is 11.5 Å². The van der Waals surface area contributed by atoms with Crippen molar-refractivity contribution in [2.24, 2.45) is 4.99 Å². The Morgan fingerprint density at radius 3 is 2.58 bits per heavy atom. The molecule has 0 aliphatic carbocycles. The molecule has 0 unspecified atom stereocenters. The molecule has 1 heterocycles. The van der Waals surface area contributed by atoms with Gasteiger partial charge in [-0.05, 0) is 37.6 Å². The summed E-state index contributed by atoms with van der Waals surface area (Å²) in [5.74, 6) is 2.44. The Kier molecular flexibility index (Phi) is 7.35. The molecule has 2 N–H and O–H groups in total. The minimum absolute atomic E-state index is 0.641. The predicted octanol–water partition coefficient (Wildman–Crippen LogP) is 2.59. The zero-order valence-corrected chi connectivity index (χ0v) is 15.2. The summed E-state index contributed by atoms with van der Waals surface area (Å²) in [7, 11) is 3.41. The van der Waals surface area contributed by atoms with Crippen LogP contribution in [0.25, 0.3) is 0 Å². The highest BCUT2D eigenvalue weighted by atomic mass is 32.1. The molecule has 24 heavy (non-hydrogen) atoms. The second kappa shape index (κ2) is 9.77. The number of guanidine groups is 1. The van der Waals surface area contributed by atoms with Gasteiger partial charge in [-0.3, -0.25) is 4.99 Å². The molecule has 2 aromatic rings. The molecule has 6 nitrogen and oxygen atoms in total. The monoisotopic (exact) mass is 348 g/mol. The molecule has 0 radical (unpaired) electrons. The molecule has 0 aliphatic rings. The lowest BCUT2D eigenvalue weighted by Gasteiger charge is -2.11. The average molecular weight is 348 g/mol. The third-order valence-electron chi connectivity index (χ3n) is 3.24. The van der Waals surface area contributed by atoms with Crippen molar-refractivity contribution in [3.8, 4) is 11.5 Å². The van der Waals surface area contributed by atoms with Crippen LogP contribution >= 0.6 is 11.3 Å². The van der Waals surface area contributed by atoms with E-state index in [9.17, 15) is 0 Å². The number of benzene rings is 1. The van der Waals surface area contributed by atoms with Gasteiger partial charge in [0.2, 0.25) is 0 Å². The van der Waals surface area contributed by atoms with Crippen LogP contribution in [0.1, 0.15) is 16.3 Å². The van der Waals surface area contributed by atoms with Gasteiger partial charge in [0.25, 0.3) is 0 Å². The average Bonchev–Trinajstić information content (AvgIpc) is 3.03. The highest BCUT2D eigenvalue weighted by molar-refractivity contribution is 7.11. The molecule has 7 heteroatoms. The minimum Gasteiger partial charge on any atom is -0.497 e. The fraction of sp³-hybridized carbons (Fsp3) is 0.412. The van der Waals surface area contributed by atoms with E-state index in [-0.39, 0.29) is 0 Å². The topological polar surface area (TPSA) is 67.8 Å². The Morgan fingerprint density at radius 1 is 1.21 bits per heavy atom. The van der Waals surface area contributed by atoms with Crippen molar-refractivity contribution >= 4 is 17.3 Å². The number of aryl methyl sites for hydroxylation is 1. The molecule has 2 rings (SSSR count). The van der Waals surface area contributed by atoms with E-state index in [4.69, 9.17) is 9.47 Å². The lowest BCUT2D eigenvalue weighted by molar-refractivity contribution is 0.310. The van der Waals surface area contributed by atoms with Gasteiger partial charge in [0, 0.05) is 24.7 Å². The number of hydrogen-bond donors (Lipinski definition) is 2. The first-order chi connectivity index (χ1) is 11.7. The third-order valence-corrected chi connectivity index (χ3v) is 4.15. The van der Waals surface area contributed by atoms with Crippen molar-refractivity contribution in [3.63, 3.8) is 0 Å². The van der Waals surface area contributed by atoms with Crippen molar-refractivity contribution in [3.05, 3.63) is 40.3 Å². The summed E-state index contributed by atoms with van der Waals surface area (Å²) in [6.07, 6.45) is 2.76. The Balaban J connectivity index is 1.61. The van der Waals surface area contributed by atoms with Crippen molar-refractivity contribution in [1.29, 1.82) is 0 Å². The number of ether oxygens (including phenoxy) is 2. The van der Waals surface area contributed by atoms with E-state index in [1.165, 1.54) is 4.88 Å². The van der Waals surface area contributed by atoms with Gasteiger partial charge in [-0.1, -0.05) is 0 Å². The summed E-state index contributed by atoms with van der Waals surface area (Å²) >= 11 is 1.69. The molecule has 130 valence electrons. The van der Waals surface area contributed by atoms with E-state index < -0.39 is 0 Å². The fourth-order valence-corrected chi connectivity index (χ4v) is 2.73. The van der Waals surface area contributed by atoms with Crippen molar-refractivity contribution < 1.29 is 9.47 Å². The highest BCUT2D eigenvalue weighted by Crippen LogP contribution is 2.16. The summed E-state index contributed by atoms with van der Waals surface area (Å²) in [6, 6.07) is 7.59. The number of hydrogen-bond acceptors (Lipinski definition) is 5. The first kappa shape index (κ1) is 18.1. The summed E-state index contributed by atoms with van der Waals surface area (Å²) < 4.78 is 10.8. The van der Waals surface area contributed by atoms with Crippen LogP contribution in [0, 0.1) is 6.92 Å². The molecule has 0 atom stereocenters. The number of aromatic nitrogens is 1. The van der Waals surface area contributed by atoms with Gasteiger partial charge in [-0.15, -0.1) is 11.3 Å². The molecular weight excluding hydrogens is 324 g/mol. The molecule has 0 saturated heterocycles. The predicted molar refractivity (Wildman–Crippen MR) is 98.2 cm³/mol. The number of rotatable bonds is 8. The normalized spacial score (nSPS) is 11.2. The molecule has 0 bridgehead atoms. The maximum Gasteiger partial charge on any atom is 0.191 e. The molecule has 0 aliphatic heterocycles. The number of methoxy groups -OCH3 is 1. The Hall–Kier alpha value is -2.28. The zero-order chi connectivity index (χ0) is 17.2. The fourth-order valence-electron chi connectivity index (χ4n) is 2.00. The van der Waals surface area contributed by atoms with Crippen LogP contribution in [0.2, 0.25) is 0 Å². The quantitative estimate of drug-likeness (QED) is 0.436. The first-order valence-corrected chi connectivity index (χ1v) is 8.65. The van der Waals surface area contributed by atoms with Crippen LogP contribution in [0.3, 0.4) is 0 Å². The van der Waals surface area contributed by atoms with Crippen LogP contribution in [0.15, 0.2) is 35.5 Å². The molecule has 0 amide bonds. The van der Waals surface area contributed by atoms with E-state index in [0.717, 1.165) is 35.4 Å². The van der Waals surface area contributed by atoms with Gasteiger partial charge in [-0.25, -0.2) is 4.98 Å². The van der Waals surface area contributed by atoms with Crippen molar-refractivity contribution in [1.82, 2.24) is 15.6 Å². The second-order valence-electron chi connectivity index (χ2n) is 5.09. The smallest absolute Gasteiger partial charge is 0.191 e. The van der Waals surface area contributed by atoms with Crippen LogP contribution < -0.4 is 20.1 Å². The highest BCUT2D eigenvalue weighted by Gasteiger charge is 2.01. The molecule has 0 spiro atoms. The number of nitrogens with zero attached hydrogens (tertiary/aromatic N) is 2. The van der Waals surface area contributed by atoms with Crippen LogP contribution in [-0.4, -0.2) is 38.3 Å². The standard InChI is InChI=1S/C17H24N4O2S/c1-13-11-20-16(24-13)12-21-17(18-2)19-9-4-10-23-15-7-5-14(22-3)6-8-15/h5-8,11H,4,9-10,12H2,1-3H3,(H2,18,19,21). The summed E-state index contributed by atoms with van der Waals surface area (Å²) in [5, 5.41) is 7.57. The Bertz CT molecular complexity index is 640. The largest absolute Gasteiger partial charge is 0.497 e. The first-order valence-electron chi connectivity index (χ1n) is 7.84. The van der Waals surface area contributed by atoms with Gasteiger partial charge in [-0.2, -0.15) is 0 Å². The van der Waals surface area contributed by atoms with Crippen molar-refractivity contribution in [2.75, 3.05) is 27.3 Å². The Morgan fingerprint density at radius 2 is 1.96 bits per heavy atom. The molecule has 0 saturated carbocycles. The molecule has 0 fully saturated rings. The van der Waals surface area contributed by atoms with Gasteiger partial charge >= 0.3 is 0 Å².